The van der Waals surface area contributed by atoms with Gasteiger partial charge in [-0.15, -0.1) is 0 Å². The molecule has 1 fully saturated rings. The van der Waals surface area contributed by atoms with Crippen molar-refractivity contribution >= 4 is 23.3 Å². The highest BCUT2D eigenvalue weighted by molar-refractivity contribution is 6.30. The average Bonchev–Trinajstić information content (AvgIpc) is 3.07. The fraction of sp³-hybridized carbons (Fsp3) is 0.455. The van der Waals surface area contributed by atoms with Crippen LogP contribution < -0.4 is 4.74 Å². The number of nitrogens with zero attached hydrogens (tertiary/aromatic N) is 2. The number of piperazine rings is 1. The standard InChI is InChI=1S/C22H25ClN2O4/c1-15-20-18(26)3-2-4-19(20)29-21(15)22(27)25-11-9-24(10-12-25)13-14-28-17-7-5-16(23)6-8-17/h5-8H,2-4,9-14H2,1H3. The third-order valence-corrected chi connectivity index (χ3v) is 5.90. The molecule has 2 aromatic rings. The van der Waals surface area contributed by atoms with Gasteiger partial charge in [0.1, 0.15) is 18.1 Å². The molecule has 2 heterocycles. The molecule has 29 heavy (non-hydrogen) atoms. The Balaban J connectivity index is 1.29. The molecule has 1 amide bonds. The number of amides is 1. The molecule has 1 aliphatic carbocycles. The number of hydrogen-bond donors (Lipinski definition) is 0. The van der Waals surface area contributed by atoms with Crippen LogP contribution in [-0.4, -0.2) is 60.8 Å². The maximum absolute atomic E-state index is 12.9. The number of ether oxygens (including phenoxy) is 1. The first-order valence-corrected chi connectivity index (χ1v) is 10.5. The smallest absolute Gasteiger partial charge is 0.289 e. The molecule has 6 nitrogen and oxygen atoms in total. The van der Waals surface area contributed by atoms with Gasteiger partial charge in [-0.1, -0.05) is 11.6 Å². The van der Waals surface area contributed by atoms with E-state index in [-0.39, 0.29) is 11.7 Å². The molecule has 0 N–H and O–H groups in total. The topological polar surface area (TPSA) is 63.0 Å². The van der Waals surface area contributed by atoms with Gasteiger partial charge in [0.25, 0.3) is 5.91 Å². The highest BCUT2D eigenvalue weighted by Crippen LogP contribution is 2.30. The van der Waals surface area contributed by atoms with Crippen LogP contribution in [0.2, 0.25) is 5.02 Å². The average molecular weight is 417 g/mol. The molecule has 1 aromatic carbocycles. The van der Waals surface area contributed by atoms with Crippen LogP contribution >= 0.6 is 11.6 Å². The molecule has 0 unspecified atom stereocenters. The number of aryl methyl sites for hydroxylation is 1. The van der Waals surface area contributed by atoms with Crippen molar-refractivity contribution in [2.45, 2.75) is 26.2 Å². The summed E-state index contributed by atoms with van der Waals surface area (Å²) in [5.74, 6) is 1.80. The molecule has 0 spiro atoms. The summed E-state index contributed by atoms with van der Waals surface area (Å²) < 4.78 is 11.6. The van der Waals surface area contributed by atoms with Crippen molar-refractivity contribution in [1.82, 2.24) is 9.80 Å². The molecule has 1 aliphatic heterocycles. The Kier molecular flexibility index (Phi) is 5.92. The summed E-state index contributed by atoms with van der Waals surface area (Å²) in [6.07, 6.45) is 2.07. The lowest BCUT2D eigenvalue weighted by Gasteiger charge is -2.34. The van der Waals surface area contributed by atoms with Gasteiger partial charge >= 0.3 is 0 Å². The van der Waals surface area contributed by atoms with E-state index in [1.165, 1.54) is 0 Å². The Morgan fingerprint density at radius 1 is 1.14 bits per heavy atom. The van der Waals surface area contributed by atoms with Gasteiger partial charge in [-0.25, -0.2) is 0 Å². The lowest BCUT2D eigenvalue weighted by Crippen LogP contribution is -2.49. The van der Waals surface area contributed by atoms with Crippen LogP contribution in [0.4, 0.5) is 0 Å². The van der Waals surface area contributed by atoms with E-state index >= 15 is 0 Å². The number of rotatable bonds is 5. The van der Waals surface area contributed by atoms with Gasteiger partial charge in [0.2, 0.25) is 0 Å². The Morgan fingerprint density at radius 3 is 2.55 bits per heavy atom. The second-order valence-corrected chi connectivity index (χ2v) is 8.00. The molecule has 7 heteroatoms. The Labute approximate surface area is 175 Å². The first-order valence-electron chi connectivity index (χ1n) is 10.1. The van der Waals surface area contributed by atoms with Crippen molar-refractivity contribution in [1.29, 1.82) is 0 Å². The number of fused-ring (bicyclic) bond motifs is 1. The van der Waals surface area contributed by atoms with Crippen molar-refractivity contribution < 1.29 is 18.7 Å². The summed E-state index contributed by atoms with van der Waals surface area (Å²) in [4.78, 5) is 29.2. The lowest BCUT2D eigenvalue weighted by atomic mass is 9.94. The Morgan fingerprint density at radius 2 is 1.86 bits per heavy atom. The van der Waals surface area contributed by atoms with Gasteiger partial charge in [0.05, 0.1) is 5.56 Å². The maximum atomic E-state index is 12.9. The van der Waals surface area contributed by atoms with Crippen molar-refractivity contribution in [2.24, 2.45) is 0 Å². The van der Waals surface area contributed by atoms with E-state index in [4.69, 9.17) is 20.8 Å². The summed E-state index contributed by atoms with van der Waals surface area (Å²) in [7, 11) is 0. The molecular weight excluding hydrogens is 392 g/mol. The molecule has 4 rings (SSSR count). The first-order chi connectivity index (χ1) is 14.0. The Bertz CT molecular complexity index is 898. The monoisotopic (exact) mass is 416 g/mol. The van der Waals surface area contributed by atoms with Crippen molar-refractivity contribution in [3.8, 4) is 5.75 Å². The highest BCUT2D eigenvalue weighted by atomic mass is 35.5. The number of benzene rings is 1. The third kappa shape index (κ3) is 4.33. The Hall–Kier alpha value is -2.31. The second-order valence-electron chi connectivity index (χ2n) is 7.57. The number of carbonyl (C=O) groups is 2. The van der Waals surface area contributed by atoms with Gasteiger partial charge in [0, 0.05) is 56.2 Å². The van der Waals surface area contributed by atoms with Gasteiger partial charge in [0.15, 0.2) is 11.5 Å². The minimum absolute atomic E-state index is 0.0945. The van der Waals surface area contributed by atoms with Gasteiger partial charge in [-0.05, 0) is 37.6 Å². The molecular formula is C22H25ClN2O4. The van der Waals surface area contributed by atoms with Crippen LogP contribution in [0.3, 0.4) is 0 Å². The van der Waals surface area contributed by atoms with Crippen LogP contribution in [0.15, 0.2) is 28.7 Å². The van der Waals surface area contributed by atoms with Crippen LogP contribution in [0.25, 0.3) is 0 Å². The van der Waals surface area contributed by atoms with E-state index in [0.29, 0.717) is 53.8 Å². The number of Topliss-reactive ketones (excluding diaryl/α,β-unsaturated/α-hetero) is 1. The summed E-state index contributed by atoms with van der Waals surface area (Å²) in [5.41, 5.74) is 1.34. The zero-order chi connectivity index (χ0) is 20.4. The third-order valence-electron chi connectivity index (χ3n) is 5.65. The van der Waals surface area contributed by atoms with Crippen LogP contribution in [0.5, 0.6) is 5.75 Å². The lowest BCUT2D eigenvalue weighted by molar-refractivity contribution is 0.0587. The molecule has 154 valence electrons. The zero-order valence-corrected chi connectivity index (χ0v) is 17.3. The van der Waals surface area contributed by atoms with Gasteiger partial charge in [-0.2, -0.15) is 0 Å². The molecule has 0 saturated carbocycles. The van der Waals surface area contributed by atoms with E-state index in [0.717, 1.165) is 38.2 Å². The quantitative estimate of drug-likeness (QED) is 0.745. The fourth-order valence-electron chi connectivity index (χ4n) is 3.99. The van der Waals surface area contributed by atoms with Crippen molar-refractivity contribution in [2.75, 3.05) is 39.3 Å². The normalized spacial score (nSPS) is 17.3. The molecule has 0 atom stereocenters. The first kappa shape index (κ1) is 20.0. The second kappa shape index (κ2) is 8.59. The zero-order valence-electron chi connectivity index (χ0n) is 16.6. The minimum atomic E-state index is -0.109. The number of furan rings is 1. The molecule has 0 bridgehead atoms. The van der Waals surface area contributed by atoms with E-state index in [9.17, 15) is 9.59 Å². The predicted molar refractivity (Wildman–Crippen MR) is 110 cm³/mol. The molecule has 1 aromatic heterocycles. The van der Waals surface area contributed by atoms with Gasteiger partial charge in [-0.3, -0.25) is 14.5 Å². The van der Waals surface area contributed by atoms with E-state index < -0.39 is 0 Å². The van der Waals surface area contributed by atoms with Crippen LogP contribution in [-0.2, 0) is 6.42 Å². The minimum Gasteiger partial charge on any atom is -0.492 e. The van der Waals surface area contributed by atoms with E-state index in [2.05, 4.69) is 4.90 Å². The summed E-state index contributed by atoms with van der Waals surface area (Å²) in [6, 6.07) is 7.33. The van der Waals surface area contributed by atoms with Crippen molar-refractivity contribution in [3.63, 3.8) is 0 Å². The van der Waals surface area contributed by atoms with Gasteiger partial charge < -0.3 is 14.1 Å². The maximum Gasteiger partial charge on any atom is 0.289 e. The fourth-order valence-corrected chi connectivity index (χ4v) is 4.12. The molecule has 0 radical (unpaired) electrons. The van der Waals surface area contributed by atoms with Crippen LogP contribution in [0.1, 0.15) is 45.1 Å². The SMILES string of the molecule is Cc1c(C(=O)N2CCN(CCOc3ccc(Cl)cc3)CC2)oc2c1C(=O)CCC2. The number of ketones is 1. The number of halogens is 1. The largest absolute Gasteiger partial charge is 0.492 e. The van der Waals surface area contributed by atoms with Crippen molar-refractivity contribution in [3.05, 3.63) is 51.9 Å². The summed E-state index contributed by atoms with van der Waals surface area (Å²) in [5, 5.41) is 0.690. The summed E-state index contributed by atoms with van der Waals surface area (Å²) >= 11 is 5.88. The number of hydrogen-bond acceptors (Lipinski definition) is 5. The van der Waals surface area contributed by atoms with E-state index in [1.807, 2.05) is 36.1 Å². The van der Waals surface area contributed by atoms with Crippen LogP contribution in [0, 0.1) is 6.92 Å². The summed E-state index contributed by atoms with van der Waals surface area (Å²) in [6.45, 7) is 6.05. The molecule has 1 saturated heterocycles. The highest BCUT2D eigenvalue weighted by Gasteiger charge is 2.31. The molecule has 2 aliphatic rings. The van der Waals surface area contributed by atoms with E-state index in [1.54, 1.807) is 0 Å². The number of carbonyl (C=O) groups excluding carboxylic acids is 2. The predicted octanol–water partition coefficient (Wildman–Crippen LogP) is 3.60.